The fourth-order valence-electron chi connectivity index (χ4n) is 2.62. The lowest BCUT2D eigenvalue weighted by molar-refractivity contribution is -0.119. The highest BCUT2D eigenvalue weighted by Gasteiger charge is 2.27. The van der Waals surface area contributed by atoms with Gasteiger partial charge in [-0.1, -0.05) is 49.4 Å². The molecule has 0 N–H and O–H groups in total. The van der Waals surface area contributed by atoms with Gasteiger partial charge in [0.1, 0.15) is 0 Å². The van der Waals surface area contributed by atoms with Crippen LogP contribution in [0.5, 0.6) is 0 Å². The van der Waals surface area contributed by atoms with Gasteiger partial charge in [0.25, 0.3) is 5.91 Å². The van der Waals surface area contributed by atoms with Gasteiger partial charge in [0.15, 0.2) is 5.92 Å². The maximum absolute atomic E-state index is 12.1. The van der Waals surface area contributed by atoms with Crippen LogP contribution in [0, 0.1) is 17.2 Å². The van der Waals surface area contributed by atoms with Gasteiger partial charge >= 0.3 is 0 Å². The van der Waals surface area contributed by atoms with E-state index in [1.54, 1.807) is 6.07 Å². The molecule has 21 heavy (non-hydrogen) atoms. The molecule has 2 aromatic carbocycles. The summed E-state index contributed by atoms with van der Waals surface area (Å²) in [5.41, 5.74) is 2.90. The second kappa shape index (κ2) is 5.34. The van der Waals surface area contributed by atoms with Gasteiger partial charge in [-0.05, 0) is 29.2 Å². The van der Waals surface area contributed by atoms with Crippen LogP contribution in [0.15, 0.2) is 53.5 Å². The van der Waals surface area contributed by atoms with Crippen molar-refractivity contribution in [3.63, 3.8) is 0 Å². The predicted molar refractivity (Wildman–Crippen MR) is 79.7 cm³/mol. The van der Waals surface area contributed by atoms with Gasteiger partial charge in [-0.15, -0.1) is 0 Å². The number of hydrogen-bond donors (Lipinski definition) is 0. The first-order valence-electron chi connectivity index (χ1n) is 6.95. The molecule has 0 bridgehead atoms. The molecule has 0 aromatic heterocycles. The van der Waals surface area contributed by atoms with Gasteiger partial charge in [-0.3, -0.25) is 4.79 Å². The van der Waals surface area contributed by atoms with Gasteiger partial charge in [0.05, 0.1) is 11.4 Å². The van der Waals surface area contributed by atoms with Crippen molar-refractivity contribution in [2.24, 2.45) is 10.9 Å². The van der Waals surface area contributed by atoms with E-state index in [2.05, 4.69) is 18.0 Å². The van der Waals surface area contributed by atoms with Crippen molar-refractivity contribution in [3.05, 3.63) is 70.2 Å². The number of para-hydroxylation sites is 1. The van der Waals surface area contributed by atoms with Crippen molar-refractivity contribution in [3.8, 4) is 6.07 Å². The fraction of sp³-hybridized carbons (Fsp3) is 0.167. The van der Waals surface area contributed by atoms with Crippen molar-refractivity contribution in [2.45, 2.75) is 13.3 Å². The van der Waals surface area contributed by atoms with Crippen LogP contribution >= 0.6 is 0 Å². The molecule has 3 rings (SSSR count). The molecule has 1 aliphatic heterocycles. The molecule has 0 fully saturated rings. The second-order valence-electron chi connectivity index (χ2n) is 4.99. The van der Waals surface area contributed by atoms with E-state index in [0.29, 0.717) is 5.36 Å². The molecule has 1 amide bonds. The summed E-state index contributed by atoms with van der Waals surface area (Å²) in [6, 6.07) is 17.6. The minimum Gasteiger partial charge on any atom is -0.271 e. The molecule has 0 saturated heterocycles. The highest BCUT2D eigenvalue weighted by Crippen LogP contribution is 2.23. The number of nitrogens with zero attached hydrogens (tertiary/aromatic N) is 2. The van der Waals surface area contributed by atoms with Gasteiger partial charge in [0.2, 0.25) is 0 Å². The zero-order valence-electron chi connectivity index (χ0n) is 11.7. The summed E-state index contributed by atoms with van der Waals surface area (Å²) in [5, 5.41) is 10.9. The topological polar surface area (TPSA) is 53.2 Å². The summed E-state index contributed by atoms with van der Waals surface area (Å²) in [4.78, 5) is 16.1. The molecular formula is C18H14N2O. The zero-order valence-corrected chi connectivity index (χ0v) is 11.7. The van der Waals surface area contributed by atoms with Crippen LogP contribution in [0.4, 0.5) is 0 Å². The first kappa shape index (κ1) is 13.3. The average Bonchev–Trinajstić information content (AvgIpc) is 2.53. The Hall–Kier alpha value is -2.73. The lowest BCUT2D eigenvalue weighted by atomic mass is 9.88. The second-order valence-corrected chi connectivity index (χ2v) is 4.99. The minimum atomic E-state index is -0.827. The lowest BCUT2D eigenvalue weighted by Gasteiger charge is -2.15. The van der Waals surface area contributed by atoms with Crippen molar-refractivity contribution >= 4 is 11.5 Å². The van der Waals surface area contributed by atoms with E-state index < -0.39 is 5.92 Å². The third-order valence-electron chi connectivity index (χ3n) is 3.76. The lowest BCUT2D eigenvalue weighted by Crippen LogP contribution is -2.37. The summed E-state index contributed by atoms with van der Waals surface area (Å²) in [6.45, 7) is 2.10. The first-order chi connectivity index (χ1) is 10.2. The zero-order chi connectivity index (χ0) is 14.8. The number of carbonyl (C=O) groups excluding carboxylic acids is 1. The third-order valence-corrected chi connectivity index (χ3v) is 3.76. The maximum atomic E-state index is 12.1. The Morgan fingerprint density at radius 1 is 1.14 bits per heavy atom. The number of hydrogen-bond acceptors (Lipinski definition) is 2. The van der Waals surface area contributed by atoms with Gasteiger partial charge in [-0.25, -0.2) is 4.99 Å². The monoisotopic (exact) mass is 274 g/mol. The number of aryl methyl sites for hydroxylation is 1. The summed E-state index contributed by atoms with van der Waals surface area (Å²) in [5.74, 6) is -1.21. The Labute approximate surface area is 122 Å². The maximum Gasteiger partial charge on any atom is 0.268 e. The summed E-state index contributed by atoms with van der Waals surface area (Å²) in [6.07, 6.45) is 0.960. The molecule has 0 radical (unpaired) electrons. The largest absolute Gasteiger partial charge is 0.271 e. The highest BCUT2D eigenvalue weighted by molar-refractivity contribution is 5.96. The van der Waals surface area contributed by atoms with Crippen LogP contribution in [0.2, 0.25) is 0 Å². The Morgan fingerprint density at radius 2 is 1.86 bits per heavy atom. The van der Waals surface area contributed by atoms with Crippen molar-refractivity contribution < 1.29 is 4.79 Å². The number of amides is 1. The van der Waals surface area contributed by atoms with Crippen LogP contribution in [0.1, 0.15) is 18.1 Å². The van der Waals surface area contributed by atoms with Crippen LogP contribution in [0.3, 0.4) is 0 Å². The molecular weight excluding hydrogens is 260 g/mol. The SMILES string of the molecule is CCc1ccc(C2=c3ccccc3=NC(=O)C2C#N)cc1. The molecule has 3 nitrogen and oxygen atoms in total. The predicted octanol–water partition coefficient (Wildman–Crippen LogP) is 1.75. The third kappa shape index (κ3) is 2.25. The Balaban J connectivity index is 2.32. The average molecular weight is 274 g/mol. The Morgan fingerprint density at radius 3 is 2.52 bits per heavy atom. The number of benzene rings is 2. The number of nitriles is 1. The standard InChI is InChI=1S/C18H14N2O/c1-2-12-7-9-13(10-8-12)17-14-5-3-4-6-16(14)20-18(21)15(17)11-19/h3-10,15H,2H2,1H3. The summed E-state index contributed by atoms with van der Waals surface area (Å²) < 4.78 is 0. The Kier molecular flexibility index (Phi) is 3.37. The minimum absolute atomic E-state index is 0.384. The number of fused-ring (bicyclic) bond motifs is 1. The molecule has 1 heterocycles. The van der Waals surface area contributed by atoms with Crippen LogP contribution in [-0.4, -0.2) is 5.91 Å². The molecule has 0 saturated carbocycles. The number of carbonyl (C=O) groups is 1. The van der Waals surface area contributed by atoms with Crippen molar-refractivity contribution in [1.82, 2.24) is 0 Å². The van der Waals surface area contributed by atoms with E-state index in [1.807, 2.05) is 42.5 Å². The molecule has 1 aliphatic rings. The van der Waals surface area contributed by atoms with Gasteiger partial charge in [0, 0.05) is 5.22 Å². The quantitative estimate of drug-likeness (QED) is 0.837. The van der Waals surface area contributed by atoms with E-state index in [4.69, 9.17) is 0 Å². The fourth-order valence-corrected chi connectivity index (χ4v) is 2.62. The van der Waals surface area contributed by atoms with Crippen LogP contribution < -0.4 is 10.6 Å². The van der Waals surface area contributed by atoms with Crippen molar-refractivity contribution in [2.75, 3.05) is 0 Å². The van der Waals surface area contributed by atoms with E-state index in [0.717, 1.165) is 22.8 Å². The van der Waals surface area contributed by atoms with Gasteiger partial charge in [-0.2, -0.15) is 5.26 Å². The van der Waals surface area contributed by atoms with Gasteiger partial charge < -0.3 is 0 Å². The smallest absolute Gasteiger partial charge is 0.268 e. The molecule has 102 valence electrons. The molecule has 2 aromatic rings. The highest BCUT2D eigenvalue weighted by atomic mass is 16.1. The molecule has 0 spiro atoms. The summed E-state index contributed by atoms with van der Waals surface area (Å²) in [7, 11) is 0. The molecule has 1 atom stereocenters. The first-order valence-corrected chi connectivity index (χ1v) is 6.95. The van der Waals surface area contributed by atoms with Crippen molar-refractivity contribution in [1.29, 1.82) is 5.26 Å². The van der Waals surface area contributed by atoms with Crippen LogP contribution in [0.25, 0.3) is 5.57 Å². The molecule has 0 aliphatic carbocycles. The molecule has 1 unspecified atom stereocenters. The normalized spacial score (nSPS) is 16.9. The Bertz CT molecular complexity index is 857. The van der Waals surface area contributed by atoms with E-state index >= 15 is 0 Å². The summed E-state index contributed by atoms with van der Waals surface area (Å²) >= 11 is 0. The van der Waals surface area contributed by atoms with E-state index in [9.17, 15) is 10.1 Å². The number of rotatable bonds is 2. The van der Waals surface area contributed by atoms with E-state index in [1.165, 1.54) is 5.56 Å². The molecule has 3 heteroatoms. The van der Waals surface area contributed by atoms with E-state index in [-0.39, 0.29) is 5.91 Å². The van der Waals surface area contributed by atoms with Crippen LogP contribution in [-0.2, 0) is 11.2 Å².